The molecule has 31 heavy (non-hydrogen) atoms. The third-order valence-electron chi connectivity index (χ3n) is 3.87. The summed E-state index contributed by atoms with van der Waals surface area (Å²) in [6.45, 7) is 6.51. The number of hydrogen-bond donors (Lipinski definition) is 2. The van der Waals surface area contributed by atoms with E-state index in [2.05, 4.69) is 21.5 Å². The first-order chi connectivity index (χ1) is 14.4. The SMILES string of the molecule is C=CC(OS(=O)(=O)OC(C=C)S(=O)(=O)c1ccccc1N)S(=O)(=O)c1ccccc1N. The molecule has 10 nitrogen and oxygen atoms in total. The van der Waals surface area contributed by atoms with Gasteiger partial charge in [-0.1, -0.05) is 37.4 Å². The Morgan fingerprint density at radius 3 is 1.29 bits per heavy atom. The van der Waals surface area contributed by atoms with Crippen LogP contribution in [0, 0.1) is 0 Å². The number of para-hydroxylation sites is 2. The number of rotatable bonds is 10. The second kappa shape index (κ2) is 9.20. The quantitative estimate of drug-likeness (QED) is 0.367. The summed E-state index contributed by atoms with van der Waals surface area (Å²) in [4.78, 5) is -0.805. The normalized spacial score (nSPS) is 14.5. The summed E-state index contributed by atoms with van der Waals surface area (Å²) in [5, 5.41) is 0. The van der Waals surface area contributed by atoms with Crippen LogP contribution in [0.2, 0.25) is 0 Å². The Kier molecular flexibility index (Phi) is 7.28. The molecule has 2 atom stereocenters. The molecule has 2 rings (SSSR count). The van der Waals surface area contributed by atoms with Crippen LogP contribution in [0.1, 0.15) is 0 Å². The minimum Gasteiger partial charge on any atom is -0.398 e. The van der Waals surface area contributed by atoms with E-state index in [-0.39, 0.29) is 11.4 Å². The standard InChI is InChI=1S/C18H20N2O8S3/c1-3-17(29(21,22)15-11-7-5-9-13(15)19)27-31(25,26)28-18(4-2)30(23,24)16-12-8-6-10-14(16)20/h3-12,17-18H,1-2,19-20H2. The van der Waals surface area contributed by atoms with E-state index >= 15 is 0 Å². The Labute approximate surface area is 181 Å². The molecule has 0 aliphatic carbocycles. The van der Waals surface area contributed by atoms with Crippen molar-refractivity contribution < 1.29 is 33.6 Å². The van der Waals surface area contributed by atoms with Crippen molar-refractivity contribution in [2.45, 2.75) is 20.7 Å². The van der Waals surface area contributed by atoms with Crippen molar-refractivity contribution in [2.24, 2.45) is 0 Å². The highest BCUT2D eigenvalue weighted by Crippen LogP contribution is 2.27. The lowest BCUT2D eigenvalue weighted by Crippen LogP contribution is -2.32. The molecule has 0 aromatic heterocycles. The number of benzene rings is 2. The third-order valence-corrected chi connectivity index (χ3v) is 8.77. The van der Waals surface area contributed by atoms with Crippen LogP contribution in [0.25, 0.3) is 0 Å². The van der Waals surface area contributed by atoms with Gasteiger partial charge in [0.2, 0.25) is 30.5 Å². The van der Waals surface area contributed by atoms with Gasteiger partial charge in [0.25, 0.3) is 0 Å². The van der Waals surface area contributed by atoms with Gasteiger partial charge in [-0.15, -0.1) is 0 Å². The summed E-state index contributed by atoms with van der Waals surface area (Å²) >= 11 is 0. The molecule has 2 aromatic carbocycles. The number of nitrogens with two attached hydrogens (primary N) is 2. The molecule has 0 heterocycles. The van der Waals surface area contributed by atoms with Crippen LogP contribution < -0.4 is 11.5 Å². The predicted octanol–water partition coefficient (Wildman–Crippen LogP) is 1.40. The molecule has 168 valence electrons. The summed E-state index contributed by atoms with van der Waals surface area (Å²) in [5.74, 6) is 0. The third kappa shape index (κ3) is 5.32. The van der Waals surface area contributed by atoms with Crippen LogP contribution in [0.15, 0.2) is 83.6 Å². The number of hydrogen-bond acceptors (Lipinski definition) is 10. The highest BCUT2D eigenvalue weighted by Gasteiger charge is 2.37. The fourth-order valence-corrected chi connectivity index (χ4v) is 6.83. The second-order valence-corrected chi connectivity index (χ2v) is 11.2. The zero-order valence-electron chi connectivity index (χ0n) is 16.0. The average molecular weight is 489 g/mol. The number of sulfone groups is 2. The van der Waals surface area contributed by atoms with Crippen LogP contribution in [0.4, 0.5) is 11.4 Å². The van der Waals surface area contributed by atoms with Gasteiger partial charge in [0.05, 0.1) is 21.2 Å². The molecule has 0 amide bonds. The smallest absolute Gasteiger partial charge is 0.398 e. The molecule has 0 bridgehead atoms. The Morgan fingerprint density at radius 2 is 1.00 bits per heavy atom. The van der Waals surface area contributed by atoms with Crippen molar-refractivity contribution in [3.05, 3.63) is 73.8 Å². The fourth-order valence-electron chi connectivity index (χ4n) is 2.42. The molecule has 0 radical (unpaired) electrons. The van der Waals surface area contributed by atoms with E-state index < -0.39 is 50.7 Å². The minimum atomic E-state index is -5.19. The van der Waals surface area contributed by atoms with Gasteiger partial charge in [-0.2, -0.15) is 8.42 Å². The Bertz CT molecular complexity index is 1210. The van der Waals surface area contributed by atoms with Gasteiger partial charge in [0.15, 0.2) is 0 Å². The molecular formula is C18H20N2O8S3. The molecule has 0 spiro atoms. The van der Waals surface area contributed by atoms with Gasteiger partial charge in [-0.25, -0.2) is 25.2 Å². The van der Waals surface area contributed by atoms with E-state index in [0.29, 0.717) is 12.2 Å². The van der Waals surface area contributed by atoms with Crippen LogP contribution >= 0.6 is 0 Å². The summed E-state index contributed by atoms with van der Waals surface area (Å²) in [6, 6.07) is 10.6. The van der Waals surface area contributed by atoms with Gasteiger partial charge < -0.3 is 11.5 Å². The Morgan fingerprint density at radius 1 is 0.677 bits per heavy atom. The monoisotopic (exact) mass is 488 g/mol. The second-order valence-electron chi connectivity index (χ2n) is 5.97. The van der Waals surface area contributed by atoms with E-state index in [1.165, 1.54) is 36.4 Å². The lowest BCUT2D eigenvalue weighted by Gasteiger charge is -2.18. The maximum Gasteiger partial charge on any atom is 0.403 e. The zero-order chi connectivity index (χ0) is 23.4. The molecule has 0 aliphatic heterocycles. The first kappa shape index (κ1) is 24.6. The summed E-state index contributed by atoms with van der Waals surface area (Å²) in [5.41, 5.74) is 6.71. The van der Waals surface area contributed by atoms with Gasteiger partial charge in [-0.3, -0.25) is 0 Å². The van der Waals surface area contributed by atoms with Gasteiger partial charge in [0.1, 0.15) is 0 Å². The largest absolute Gasteiger partial charge is 0.403 e. The van der Waals surface area contributed by atoms with Gasteiger partial charge in [-0.05, 0) is 36.4 Å². The van der Waals surface area contributed by atoms with E-state index in [1.54, 1.807) is 0 Å². The van der Waals surface area contributed by atoms with E-state index in [0.717, 1.165) is 12.1 Å². The van der Waals surface area contributed by atoms with Crippen molar-refractivity contribution in [3.8, 4) is 0 Å². The van der Waals surface area contributed by atoms with E-state index in [9.17, 15) is 25.3 Å². The highest BCUT2D eigenvalue weighted by molar-refractivity contribution is 7.94. The molecular weight excluding hydrogens is 468 g/mol. The molecule has 0 aliphatic rings. The maximum atomic E-state index is 12.7. The fraction of sp³-hybridized carbons (Fsp3) is 0.111. The average Bonchev–Trinajstić information content (AvgIpc) is 2.70. The maximum absolute atomic E-state index is 12.7. The van der Waals surface area contributed by atoms with E-state index in [1.807, 2.05) is 0 Å². The number of nitrogen functional groups attached to an aromatic ring is 2. The van der Waals surface area contributed by atoms with Crippen molar-refractivity contribution in [2.75, 3.05) is 11.5 Å². The van der Waals surface area contributed by atoms with Gasteiger partial charge in [0, 0.05) is 0 Å². The van der Waals surface area contributed by atoms with Crippen LogP contribution in [-0.4, -0.2) is 36.1 Å². The molecule has 2 aromatic rings. The van der Waals surface area contributed by atoms with Crippen LogP contribution in [0.3, 0.4) is 0 Å². The van der Waals surface area contributed by atoms with Crippen LogP contribution in [0.5, 0.6) is 0 Å². The molecule has 0 saturated carbocycles. The Hall–Kier alpha value is -2.71. The Balaban J connectivity index is 2.36. The zero-order valence-corrected chi connectivity index (χ0v) is 18.4. The minimum absolute atomic E-state index is 0.151. The summed E-state index contributed by atoms with van der Waals surface area (Å²) in [7, 11) is -14.1. The number of anilines is 2. The summed E-state index contributed by atoms with van der Waals surface area (Å²) < 4.78 is 84.8. The molecule has 13 heteroatoms. The molecule has 2 unspecified atom stereocenters. The van der Waals surface area contributed by atoms with Crippen LogP contribution in [-0.2, 0) is 38.4 Å². The lowest BCUT2D eigenvalue weighted by molar-refractivity contribution is 0.214. The van der Waals surface area contributed by atoms with Crippen molar-refractivity contribution in [1.29, 1.82) is 0 Å². The lowest BCUT2D eigenvalue weighted by atomic mass is 10.3. The first-order valence-corrected chi connectivity index (χ1v) is 12.8. The molecule has 4 N–H and O–H groups in total. The summed E-state index contributed by atoms with van der Waals surface area (Å²) in [6.07, 6.45) is 1.38. The van der Waals surface area contributed by atoms with E-state index in [4.69, 9.17) is 11.5 Å². The van der Waals surface area contributed by atoms with Crippen molar-refractivity contribution in [3.63, 3.8) is 0 Å². The predicted molar refractivity (Wildman–Crippen MR) is 115 cm³/mol. The first-order valence-electron chi connectivity index (χ1n) is 8.40. The van der Waals surface area contributed by atoms with Crippen molar-refractivity contribution in [1.82, 2.24) is 0 Å². The molecule has 0 saturated heterocycles. The topological polar surface area (TPSA) is 173 Å². The molecule has 0 fully saturated rings. The van der Waals surface area contributed by atoms with Gasteiger partial charge >= 0.3 is 10.4 Å². The van der Waals surface area contributed by atoms with Crippen molar-refractivity contribution >= 4 is 41.4 Å². The highest BCUT2D eigenvalue weighted by atomic mass is 32.3.